The zero-order chi connectivity index (χ0) is 18.2. The first-order valence-electron chi connectivity index (χ1n) is 8.21. The van der Waals surface area contributed by atoms with Crippen molar-refractivity contribution in [2.75, 3.05) is 10.6 Å². The zero-order valence-electron chi connectivity index (χ0n) is 14.1. The number of anilines is 2. The fourth-order valence-corrected chi connectivity index (χ4v) is 2.60. The molecule has 3 rings (SSSR count). The Kier molecular flexibility index (Phi) is 5.91. The van der Waals surface area contributed by atoms with Gasteiger partial charge in [0.1, 0.15) is 0 Å². The van der Waals surface area contributed by atoms with Crippen molar-refractivity contribution in [2.45, 2.75) is 0 Å². The van der Waals surface area contributed by atoms with E-state index in [4.69, 9.17) is 12.2 Å². The SMILES string of the molecule is O=C(C=Cc1ccccc1)c1ccc(NC(=S)Nc2ccccc2)cc1. The number of hydrogen-bond donors (Lipinski definition) is 2. The van der Waals surface area contributed by atoms with E-state index in [9.17, 15) is 4.79 Å². The molecule has 26 heavy (non-hydrogen) atoms. The van der Waals surface area contributed by atoms with E-state index in [0.29, 0.717) is 10.7 Å². The van der Waals surface area contributed by atoms with Crippen molar-refractivity contribution in [3.05, 3.63) is 102 Å². The summed E-state index contributed by atoms with van der Waals surface area (Å²) in [4.78, 5) is 12.2. The summed E-state index contributed by atoms with van der Waals surface area (Å²) in [5.74, 6) is -0.0367. The van der Waals surface area contributed by atoms with Gasteiger partial charge in [-0.15, -0.1) is 0 Å². The highest BCUT2D eigenvalue weighted by Crippen LogP contribution is 2.13. The Labute approximate surface area is 158 Å². The second-order valence-corrected chi connectivity index (χ2v) is 6.04. The minimum atomic E-state index is -0.0367. The van der Waals surface area contributed by atoms with Gasteiger partial charge in [-0.3, -0.25) is 4.79 Å². The van der Waals surface area contributed by atoms with Gasteiger partial charge in [0.25, 0.3) is 0 Å². The molecule has 0 aliphatic heterocycles. The molecule has 0 unspecified atom stereocenters. The monoisotopic (exact) mass is 358 g/mol. The van der Waals surface area contributed by atoms with Crippen LogP contribution in [-0.2, 0) is 0 Å². The van der Waals surface area contributed by atoms with Crippen LogP contribution in [-0.4, -0.2) is 10.9 Å². The van der Waals surface area contributed by atoms with Gasteiger partial charge in [-0.05, 0) is 60.3 Å². The largest absolute Gasteiger partial charge is 0.332 e. The van der Waals surface area contributed by atoms with Gasteiger partial charge in [-0.1, -0.05) is 54.6 Å². The number of thiocarbonyl (C=S) groups is 1. The number of rotatable bonds is 5. The second kappa shape index (κ2) is 8.74. The third-order valence-electron chi connectivity index (χ3n) is 3.69. The molecule has 0 spiro atoms. The Bertz CT molecular complexity index is 904. The summed E-state index contributed by atoms with van der Waals surface area (Å²) in [6.07, 6.45) is 3.40. The lowest BCUT2D eigenvalue weighted by molar-refractivity contribution is 0.104. The molecule has 3 aromatic carbocycles. The first-order valence-corrected chi connectivity index (χ1v) is 8.62. The molecule has 0 saturated heterocycles. The van der Waals surface area contributed by atoms with Crippen molar-refractivity contribution in [3.8, 4) is 0 Å². The number of ketones is 1. The normalized spacial score (nSPS) is 10.5. The van der Waals surface area contributed by atoms with E-state index in [-0.39, 0.29) is 5.78 Å². The number of nitrogens with one attached hydrogen (secondary N) is 2. The quantitative estimate of drug-likeness (QED) is 0.364. The molecular formula is C22H18N2OS. The Morgan fingerprint density at radius 2 is 1.27 bits per heavy atom. The molecule has 0 heterocycles. The third kappa shape index (κ3) is 5.13. The number of hydrogen-bond acceptors (Lipinski definition) is 2. The molecule has 0 atom stereocenters. The number of carbonyl (C=O) groups excluding carboxylic acids is 1. The summed E-state index contributed by atoms with van der Waals surface area (Å²) >= 11 is 5.30. The Hall–Kier alpha value is -3.24. The number of para-hydroxylation sites is 1. The highest BCUT2D eigenvalue weighted by molar-refractivity contribution is 7.80. The second-order valence-electron chi connectivity index (χ2n) is 5.63. The smallest absolute Gasteiger partial charge is 0.185 e. The molecule has 128 valence electrons. The van der Waals surface area contributed by atoms with E-state index in [1.807, 2.05) is 78.9 Å². The molecule has 4 heteroatoms. The van der Waals surface area contributed by atoms with E-state index in [1.54, 1.807) is 18.2 Å². The number of allylic oxidation sites excluding steroid dienone is 1. The van der Waals surface area contributed by atoms with Crippen molar-refractivity contribution in [1.82, 2.24) is 0 Å². The highest BCUT2D eigenvalue weighted by atomic mass is 32.1. The van der Waals surface area contributed by atoms with Crippen molar-refractivity contribution in [3.63, 3.8) is 0 Å². The first kappa shape index (κ1) is 17.6. The van der Waals surface area contributed by atoms with Gasteiger partial charge < -0.3 is 10.6 Å². The Balaban J connectivity index is 1.58. The van der Waals surface area contributed by atoms with Gasteiger partial charge in [0.2, 0.25) is 0 Å². The molecule has 2 N–H and O–H groups in total. The molecule has 3 aromatic rings. The maximum Gasteiger partial charge on any atom is 0.185 e. The van der Waals surface area contributed by atoms with Gasteiger partial charge in [-0.25, -0.2) is 0 Å². The summed E-state index contributed by atoms with van der Waals surface area (Å²) in [7, 11) is 0. The lowest BCUT2D eigenvalue weighted by atomic mass is 10.1. The maximum absolute atomic E-state index is 12.2. The van der Waals surface area contributed by atoms with Crippen LogP contribution < -0.4 is 10.6 Å². The van der Waals surface area contributed by atoms with Crippen LogP contribution in [0.1, 0.15) is 15.9 Å². The van der Waals surface area contributed by atoms with Crippen LogP contribution in [0.25, 0.3) is 6.08 Å². The molecular weight excluding hydrogens is 340 g/mol. The van der Waals surface area contributed by atoms with Crippen LogP contribution in [0.4, 0.5) is 11.4 Å². The predicted molar refractivity (Wildman–Crippen MR) is 113 cm³/mol. The summed E-state index contributed by atoms with van der Waals surface area (Å²) in [6, 6.07) is 26.7. The van der Waals surface area contributed by atoms with Crippen LogP contribution in [0.3, 0.4) is 0 Å². The van der Waals surface area contributed by atoms with Gasteiger partial charge in [-0.2, -0.15) is 0 Å². The zero-order valence-corrected chi connectivity index (χ0v) is 14.9. The number of benzene rings is 3. The molecule has 0 aromatic heterocycles. The summed E-state index contributed by atoms with van der Waals surface area (Å²) in [5.41, 5.74) is 3.37. The van der Waals surface area contributed by atoms with Crippen LogP contribution in [0.2, 0.25) is 0 Å². The van der Waals surface area contributed by atoms with Crippen LogP contribution in [0.5, 0.6) is 0 Å². The van der Waals surface area contributed by atoms with E-state index in [1.165, 1.54) is 0 Å². The topological polar surface area (TPSA) is 41.1 Å². The lowest BCUT2D eigenvalue weighted by Crippen LogP contribution is -2.18. The molecule has 0 radical (unpaired) electrons. The van der Waals surface area contributed by atoms with Crippen molar-refractivity contribution in [2.24, 2.45) is 0 Å². The highest BCUT2D eigenvalue weighted by Gasteiger charge is 2.03. The minimum absolute atomic E-state index is 0.0367. The molecule has 0 aliphatic rings. The molecule has 0 aliphatic carbocycles. The summed E-state index contributed by atoms with van der Waals surface area (Å²) in [5, 5.41) is 6.71. The van der Waals surface area contributed by atoms with E-state index in [2.05, 4.69) is 10.6 Å². The van der Waals surface area contributed by atoms with Crippen molar-refractivity contribution in [1.29, 1.82) is 0 Å². The first-order chi connectivity index (χ1) is 12.7. The average Bonchev–Trinajstić information content (AvgIpc) is 2.68. The average molecular weight is 358 g/mol. The molecule has 0 saturated carbocycles. The Morgan fingerprint density at radius 1 is 0.731 bits per heavy atom. The minimum Gasteiger partial charge on any atom is -0.332 e. The third-order valence-corrected chi connectivity index (χ3v) is 3.89. The van der Waals surface area contributed by atoms with Gasteiger partial charge in [0.05, 0.1) is 0 Å². The van der Waals surface area contributed by atoms with Crippen molar-refractivity contribution < 1.29 is 4.79 Å². The fourth-order valence-electron chi connectivity index (χ4n) is 2.37. The predicted octanol–water partition coefficient (Wildman–Crippen LogP) is 5.39. The van der Waals surface area contributed by atoms with E-state index in [0.717, 1.165) is 16.9 Å². The van der Waals surface area contributed by atoms with Gasteiger partial charge in [0, 0.05) is 16.9 Å². The maximum atomic E-state index is 12.2. The van der Waals surface area contributed by atoms with Crippen LogP contribution in [0, 0.1) is 0 Å². The molecule has 0 bridgehead atoms. The van der Waals surface area contributed by atoms with Crippen LogP contribution >= 0.6 is 12.2 Å². The molecule has 0 amide bonds. The van der Waals surface area contributed by atoms with Crippen LogP contribution in [0.15, 0.2) is 91.0 Å². The van der Waals surface area contributed by atoms with Gasteiger partial charge >= 0.3 is 0 Å². The summed E-state index contributed by atoms with van der Waals surface area (Å²) < 4.78 is 0. The standard InChI is InChI=1S/C22H18N2OS/c25-21(16-11-17-7-3-1-4-8-17)18-12-14-20(15-13-18)24-22(26)23-19-9-5-2-6-10-19/h1-16H,(H2,23,24,26). The van der Waals surface area contributed by atoms with E-state index >= 15 is 0 Å². The fraction of sp³-hybridized carbons (Fsp3) is 0. The number of carbonyl (C=O) groups is 1. The van der Waals surface area contributed by atoms with Crippen molar-refractivity contribution >= 4 is 40.6 Å². The van der Waals surface area contributed by atoms with E-state index < -0.39 is 0 Å². The summed E-state index contributed by atoms with van der Waals surface area (Å²) in [6.45, 7) is 0. The molecule has 3 nitrogen and oxygen atoms in total. The molecule has 0 fully saturated rings. The lowest BCUT2D eigenvalue weighted by Gasteiger charge is -2.10. The Morgan fingerprint density at radius 3 is 1.88 bits per heavy atom. The van der Waals surface area contributed by atoms with Gasteiger partial charge in [0.15, 0.2) is 10.9 Å².